The van der Waals surface area contributed by atoms with Crippen molar-refractivity contribution in [2.24, 2.45) is 0 Å². The summed E-state index contributed by atoms with van der Waals surface area (Å²) in [5.74, 6) is 4.79. The summed E-state index contributed by atoms with van der Waals surface area (Å²) in [7, 11) is -2.89. The fourth-order valence-corrected chi connectivity index (χ4v) is 2.89. The molecule has 0 amide bonds. The molecule has 0 atom stereocenters. The van der Waals surface area contributed by atoms with Gasteiger partial charge in [-0.3, -0.25) is 4.57 Å². The zero-order valence-corrected chi connectivity index (χ0v) is 9.71. The predicted octanol–water partition coefficient (Wildman–Crippen LogP) is 0.951. The summed E-state index contributed by atoms with van der Waals surface area (Å²) >= 11 is 0. The van der Waals surface area contributed by atoms with E-state index in [1.165, 1.54) is 0 Å². The Kier molecular flexibility index (Phi) is 4.83. The number of hydrogen-bond donors (Lipinski definition) is 2. The first-order valence-electron chi connectivity index (χ1n) is 4.76. The number of nitrogens with one attached hydrogen (secondary N) is 2. The van der Waals surface area contributed by atoms with Gasteiger partial charge in [-0.1, -0.05) is 30.0 Å². The van der Waals surface area contributed by atoms with Gasteiger partial charge in [-0.15, -0.1) is 12.8 Å². The molecule has 3 nitrogen and oxygen atoms in total. The van der Waals surface area contributed by atoms with E-state index < -0.39 is 7.44 Å². The van der Waals surface area contributed by atoms with Crippen molar-refractivity contribution in [2.75, 3.05) is 13.1 Å². The molecule has 1 rings (SSSR count). The molecule has 0 radical (unpaired) electrons. The Bertz CT molecular complexity index is 434. The number of terminal acetylenes is 2. The summed E-state index contributed by atoms with van der Waals surface area (Å²) in [5, 5.41) is 6.29. The summed E-state index contributed by atoms with van der Waals surface area (Å²) in [6.45, 7) is 0.452. The molecule has 0 aliphatic rings. The summed E-state index contributed by atoms with van der Waals surface area (Å²) in [4.78, 5) is 0. The van der Waals surface area contributed by atoms with E-state index in [0.717, 1.165) is 0 Å². The summed E-state index contributed by atoms with van der Waals surface area (Å²) in [5.41, 5.74) is 0. The molecule has 0 aromatic heterocycles. The van der Waals surface area contributed by atoms with Crippen LogP contribution in [0.2, 0.25) is 0 Å². The highest BCUT2D eigenvalue weighted by atomic mass is 31.2. The monoisotopic (exact) mass is 232 g/mol. The fourth-order valence-electron chi connectivity index (χ4n) is 1.19. The molecule has 0 heterocycles. The molecule has 0 bridgehead atoms. The Hall–Kier alpha value is -1.51. The molecule has 1 aromatic carbocycles. The average Bonchev–Trinajstić information content (AvgIpc) is 2.35. The van der Waals surface area contributed by atoms with Crippen LogP contribution in [0.4, 0.5) is 0 Å². The topological polar surface area (TPSA) is 41.1 Å². The van der Waals surface area contributed by atoms with E-state index in [0.29, 0.717) is 5.30 Å². The second-order valence-electron chi connectivity index (χ2n) is 3.02. The molecule has 0 aliphatic heterocycles. The quantitative estimate of drug-likeness (QED) is 0.586. The molecule has 82 valence electrons. The molecule has 0 aliphatic carbocycles. The lowest BCUT2D eigenvalue weighted by Gasteiger charge is -2.18. The first-order valence-corrected chi connectivity index (χ1v) is 6.46. The maximum Gasteiger partial charge on any atom is 0.242 e. The zero-order chi connectivity index (χ0) is 11.9. The predicted molar refractivity (Wildman–Crippen MR) is 67.4 cm³/mol. The molecular weight excluding hydrogens is 219 g/mol. The SMILES string of the molecule is C#CCNP(=O)(NCC#C)c1ccccc1. The van der Waals surface area contributed by atoms with Gasteiger partial charge in [0, 0.05) is 5.30 Å². The zero-order valence-electron chi connectivity index (χ0n) is 8.81. The van der Waals surface area contributed by atoms with Gasteiger partial charge in [-0.05, 0) is 12.1 Å². The molecule has 0 unspecified atom stereocenters. The van der Waals surface area contributed by atoms with Gasteiger partial charge in [-0.25, -0.2) is 10.2 Å². The summed E-state index contributed by atoms with van der Waals surface area (Å²) in [6.07, 6.45) is 10.3. The lowest BCUT2D eigenvalue weighted by molar-refractivity contribution is 0.567. The van der Waals surface area contributed by atoms with Crippen molar-refractivity contribution in [3.05, 3.63) is 30.3 Å². The molecule has 16 heavy (non-hydrogen) atoms. The molecule has 0 fully saturated rings. The van der Waals surface area contributed by atoms with E-state index in [1.807, 2.05) is 18.2 Å². The van der Waals surface area contributed by atoms with Gasteiger partial charge in [0.25, 0.3) is 0 Å². The van der Waals surface area contributed by atoms with Crippen molar-refractivity contribution >= 4 is 12.7 Å². The van der Waals surface area contributed by atoms with E-state index >= 15 is 0 Å². The Morgan fingerprint density at radius 3 is 2.00 bits per heavy atom. The van der Waals surface area contributed by atoms with Gasteiger partial charge >= 0.3 is 0 Å². The van der Waals surface area contributed by atoms with E-state index in [1.54, 1.807) is 12.1 Å². The third kappa shape index (κ3) is 3.26. The lowest BCUT2D eigenvalue weighted by Crippen LogP contribution is -2.30. The molecular formula is C12H13N2OP. The van der Waals surface area contributed by atoms with Crippen LogP contribution in [0.15, 0.2) is 30.3 Å². The first kappa shape index (κ1) is 12.6. The van der Waals surface area contributed by atoms with Gasteiger partial charge in [0.15, 0.2) is 0 Å². The van der Waals surface area contributed by atoms with Crippen LogP contribution in [0.1, 0.15) is 0 Å². The normalized spacial score (nSPS) is 10.4. The third-order valence-corrected chi connectivity index (χ3v) is 4.16. The van der Waals surface area contributed by atoms with Crippen LogP contribution < -0.4 is 15.5 Å². The van der Waals surface area contributed by atoms with Crippen LogP contribution in [-0.4, -0.2) is 13.1 Å². The average molecular weight is 232 g/mol. The van der Waals surface area contributed by atoms with Gasteiger partial charge in [0.2, 0.25) is 7.44 Å². The van der Waals surface area contributed by atoms with Gasteiger partial charge in [0.05, 0.1) is 13.1 Å². The van der Waals surface area contributed by atoms with Crippen molar-refractivity contribution in [2.45, 2.75) is 0 Å². The van der Waals surface area contributed by atoms with E-state index in [4.69, 9.17) is 12.8 Å². The van der Waals surface area contributed by atoms with Gasteiger partial charge < -0.3 is 0 Å². The molecule has 2 N–H and O–H groups in total. The molecule has 0 spiro atoms. The van der Waals surface area contributed by atoms with Crippen LogP contribution in [0.25, 0.3) is 0 Å². The van der Waals surface area contributed by atoms with Crippen LogP contribution >= 0.6 is 7.44 Å². The van der Waals surface area contributed by atoms with Gasteiger partial charge in [0.1, 0.15) is 0 Å². The fraction of sp³-hybridized carbons (Fsp3) is 0.167. The van der Waals surface area contributed by atoms with Crippen molar-refractivity contribution < 1.29 is 4.57 Å². The van der Waals surface area contributed by atoms with Crippen molar-refractivity contribution in [1.29, 1.82) is 0 Å². The maximum atomic E-state index is 12.5. The second kappa shape index (κ2) is 6.16. The summed E-state index contributed by atoms with van der Waals surface area (Å²) in [6, 6.07) is 9.03. The van der Waals surface area contributed by atoms with Crippen molar-refractivity contribution in [3.63, 3.8) is 0 Å². The minimum absolute atomic E-state index is 0.226. The molecule has 0 saturated heterocycles. The van der Waals surface area contributed by atoms with Crippen LogP contribution in [0.5, 0.6) is 0 Å². The Morgan fingerprint density at radius 1 is 1.06 bits per heavy atom. The van der Waals surface area contributed by atoms with E-state index in [9.17, 15) is 4.57 Å². The van der Waals surface area contributed by atoms with Crippen LogP contribution in [0, 0.1) is 24.7 Å². The van der Waals surface area contributed by atoms with Crippen molar-refractivity contribution in [1.82, 2.24) is 10.2 Å². The number of rotatable bonds is 5. The smallest absolute Gasteiger partial charge is 0.242 e. The number of hydrogen-bond acceptors (Lipinski definition) is 1. The van der Waals surface area contributed by atoms with E-state index in [-0.39, 0.29) is 13.1 Å². The van der Waals surface area contributed by atoms with Crippen molar-refractivity contribution in [3.8, 4) is 24.7 Å². The highest BCUT2D eigenvalue weighted by molar-refractivity contribution is 7.67. The standard InChI is InChI=1S/C12H13N2OP/c1-3-10-13-16(15,14-11-4-2)12-8-6-5-7-9-12/h1-2,5-9H,10-11H2,(H2,13,14,15). The Labute approximate surface area is 96.1 Å². The highest BCUT2D eigenvalue weighted by Crippen LogP contribution is 2.33. The molecule has 0 saturated carbocycles. The number of benzene rings is 1. The van der Waals surface area contributed by atoms with Crippen LogP contribution in [0.3, 0.4) is 0 Å². The highest BCUT2D eigenvalue weighted by Gasteiger charge is 2.22. The lowest BCUT2D eigenvalue weighted by atomic mass is 10.4. The minimum Gasteiger partial charge on any atom is -0.284 e. The maximum absolute atomic E-state index is 12.5. The first-order chi connectivity index (χ1) is 7.73. The third-order valence-electron chi connectivity index (χ3n) is 1.93. The molecule has 1 aromatic rings. The van der Waals surface area contributed by atoms with Gasteiger partial charge in [-0.2, -0.15) is 0 Å². The van der Waals surface area contributed by atoms with E-state index in [2.05, 4.69) is 22.0 Å². The minimum atomic E-state index is -2.89. The van der Waals surface area contributed by atoms with Crippen LogP contribution in [-0.2, 0) is 4.57 Å². The Morgan fingerprint density at radius 2 is 1.56 bits per heavy atom. The largest absolute Gasteiger partial charge is 0.284 e. The summed E-state index contributed by atoms with van der Waals surface area (Å²) < 4.78 is 12.5. The Balaban J connectivity index is 2.92. The molecule has 4 heteroatoms. The second-order valence-corrected chi connectivity index (χ2v) is 5.39.